The number of nitrogens with zero attached hydrogens (tertiary/aromatic N) is 1. The topological polar surface area (TPSA) is 61.4 Å². The Bertz CT molecular complexity index is 494. The van der Waals surface area contributed by atoms with Gasteiger partial charge in [-0.15, -0.1) is 0 Å². The second kappa shape index (κ2) is 6.41. The van der Waals surface area contributed by atoms with Crippen molar-refractivity contribution in [1.29, 1.82) is 0 Å². The number of amides is 3. The summed E-state index contributed by atoms with van der Waals surface area (Å²) in [6.07, 6.45) is 2.12. The van der Waals surface area contributed by atoms with Crippen molar-refractivity contribution in [3.05, 3.63) is 29.8 Å². The second-order valence-electron chi connectivity index (χ2n) is 5.33. The van der Waals surface area contributed by atoms with E-state index in [1.165, 1.54) is 0 Å². The fourth-order valence-electron chi connectivity index (χ4n) is 2.21. The lowest BCUT2D eigenvalue weighted by Gasteiger charge is -2.16. The van der Waals surface area contributed by atoms with Crippen LogP contribution in [0.25, 0.3) is 0 Å². The summed E-state index contributed by atoms with van der Waals surface area (Å²) in [5.41, 5.74) is 1.20. The van der Waals surface area contributed by atoms with Crippen LogP contribution in [0, 0.1) is 0 Å². The zero-order chi connectivity index (χ0) is 14.5. The number of hydrogen-bond donors (Lipinski definition) is 2. The van der Waals surface area contributed by atoms with E-state index in [1.807, 2.05) is 13.8 Å². The van der Waals surface area contributed by atoms with Crippen LogP contribution >= 0.6 is 0 Å². The lowest BCUT2D eigenvalue weighted by atomic mass is 10.2. The molecule has 1 heterocycles. The maximum absolute atomic E-state index is 12.0. The van der Waals surface area contributed by atoms with Crippen LogP contribution in [0.4, 0.5) is 10.5 Å². The minimum absolute atomic E-state index is 0.0883. The first-order valence-corrected chi connectivity index (χ1v) is 7.03. The van der Waals surface area contributed by atoms with Crippen LogP contribution in [-0.2, 0) is 0 Å². The van der Waals surface area contributed by atoms with Crippen LogP contribution in [0.2, 0.25) is 0 Å². The van der Waals surface area contributed by atoms with Crippen molar-refractivity contribution < 1.29 is 9.59 Å². The summed E-state index contributed by atoms with van der Waals surface area (Å²) in [6.45, 7) is 5.44. The Morgan fingerprint density at radius 1 is 1.20 bits per heavy atom. The minimum atomic E-state index is -0.128. The second-order valence-corrected chi connectivity index (χ2v) is 5.33. The maximum Gasteiger partial charge on any atom is 0.321 e. The molecule has 1 aromatic rings. The van der Waals surface area contributed by atoms with E-state index in [0.717, 1.165) is 25.9 Å². The van der Waals surface area contributed by atoms with Crippen molar-refractivity contribution in [2.75, 3.05) is 18.4 Å². The van der Waals surface area contributed by atoms with Gasteiger partial charge in [0.2, 0.25) is 0 Å². The molecule has 0 spiro atoms. The first-order valence-electron chi connectivity index (χ1n) is 7.03. The predicted molar refractivity (Wildman–Crippen MR) is 78.9 cm³/mol. The molecular formula is C15H21N3O2. The highest BCUT2D eigenvalue weighted by molar-refractivity contribution is 5.97. The van der Waals surface area contributed by atoms with Crippen LogP contribution in [0.5, 0.6) is 0 Å². The van der Waals surface area contributed by atoms with Gasteiger partial charge in [-0.2, -0.15) is 0 Å². The summed E-state index contributed by atoms with van der Waals surface area (Å²) >= 11 is 0. The van der Waals surface area contributed by atoms with Gasteiger partial charge in [0.05, 0.1) is 0 Å². The summed E-state index contributed by atoms with van der Waals surface area (Å²) in [6, 6.07) is 7.00. The highest BCUT2D eigenvalue weighted by atomic mass is 16.2. The smallest absolute Gasteiger partial charge is 0.321 e. The highest BCUT2D eigenvalue weighted by Crippen LogP contribution is 2.14. The number of nitrogens with one attached hydrogen (secondary N) is 2. The monoisotopic (exact) mass is 275 g/mol. The van der Waals surface area contributed by atoms with Crippen molar-refractivity contribution in [3.63, 3.8) is 0 Å². The first kappa shape index (κ1) is 14.4. The molecule has 0 bridgehead atoms. The SMILES string of the molecule is CC(C)NC(=O)c1cccc(NC(=O)N2CCCC2)c1. The number of benzene rings is 1. The van der Waals surface area contributed by atoms with Crippen molar-refractivity contribution in [1.82, 2.24) is 10.2 Å². The van der Waals surface area contributed by atoms with Gasteiger partial charge in [0.15, 0.2) is 0 Å². The normalized spacial score (nSPS) is 14.4. The molecule has 1 saturated heterocycles. The Balaban J connectivity index is 2.02. The fourth-order valence-corrected chi connectivity index (χ4v) is 2.21. The molecule has 5 heteroatoms. The zero-order valence-electron chi connectivity index (χ0n) is 12.0. The molecule has 20 heavy (non-hydrogen) atoms. The van der Waals surface area contributed by atoms with Gasteiger partial charge in [-0.3, -0.25) is 4.79 Å². The van der Waals surface area contributed by atoms with E-state index in [4.69, 9.17) is 0 Å². The van der Waals surface area contributed by atoms with Crippen LogP contribution in [0.3, 0.4) is 0 Å². The van der Waals surface area contributed by atoms with Gasteiger partial charge in [-0.05, 0) is 44.9 Å². The van der Waals surface area contributed by atoms with E-state index < -0.39 is 0 Å². The maximum atomic E-state index is 12.0. The Hall–Kier alpha value is -2.04. The van der Waals surface area contributed by atoms with E-state index >= 15 is 0 Å². The van der Waals surface area contributed by atoms with Gasteiger partial charge in [0, 0.05) is 30.4 Å². The molecule has 0 atom stereocenters. The number of anilines is 1. The number of carbonyl (C=O) groups excluding carboxylic acids is 2. The molecule has 3 amide bonds. The average Bonchev–Trinajstić information content (AvgIpc) is 2.92. The lowest BCUT2D eigenvalue weighted by Crippen LogP contribution is -2.32. The van der Waals surface area contributed by atoms with Crippen LogP contribution in [-0.4, -0.2) is 36.0 Å². The molecule has 2 N–H and O–H groups in total. The third-order valence-corrected chi connectivity index (χ3v) is 3.19. The molecule has 0 unspecified atom stereocenters. The molecule has 1 fully saturated rings. The van der Waals surface area contributed by atoms with Gasteiger partial charge < -0.3 is 15.5 Å². The molecular weight excluding hydrogens is 254 g/mol. The molecule has 0 aliphatic carbocycles. The molecule has 0 radical (unpaired) electrons. The molecule has 1 aliphatic heterocycles. The average molecular weight is 275 g/mol. The molecule has 2 rings (SSSR count). The predicted octanol–water partition coefficient (Wildman–Crippen LogP) is 2.45. The van der Waals surface area contributed by atoms with Crippen LogP contribution < -0.4 is 10.6 Å². The van der Waals surface area contributed by atoms with Crippen molar-refractivity contribution in [2.45, 2.75) is 32.7 Å². The molecule has 1 aromatic carbocycles. The van der Waals surface area contributed by atoms with Gasteiger partial charge in [-0.25, -0.2) is 4.79 Å². The quantitative estimate of drug-likeness (QED) is 0.890. The standard InChI is InChI=1S/C15H21N3O2/c1-11(2)16-14(19)12-6-5-7-13(10-12)17-15(20)18-8-3-4-9-18/h5-7,10-11H,3-4,8-9H2,1-2H3,(H,16,19)(H,17,20). The number of carbonyl (C=O) groups is 2. The van der Waals surface area contributed by atoms with E-state index in [0.29, 0.717) is 11.3 Å². The van der Waals surface area contributed by atoms with E-state index in [1.54, 1.807) is 29.2 Å². The Morgan fingerprint density at radius 2 is 1.90 bits per heavy atom. The van der Waals surface area contributed by atoms with Crippen molar-refractivity contribution in [2.24, 2.45) is 0 Å². The van der Waals surface area contributed by atoms with Crippen LogP contribution in [0.1, 0.15) is 37.0 Å². The lowest BCUT2D eigenvalue weighted by molar-refractivity contribution is 0.0943. The summed E-state index contributed by atoms with van der Waals surface area (Å²) in [5.74, 6) is -0.128. The number of likely N-dealkylation sites (tertiary alicyclic amines) is 1. The summed E-state index contributed by atoms with van der Waals surface area (Å²) < 4.78 is 0. The highest BCUT2D eigenvalue weighted by Gasteiger charge is 2.18. The molecule has 0 saturated carbocycles. The van der Waals surface area contributed by atoms with Gasteiger partial charge >= 0.3 is 6.03 Å². The molecule has 5 nitrogen and oxygen atoms in total. The third kappa shape index (κ3) is 3.73. The molecule has 1 aliphatic rings. The van der Waals surface area contributed by atoms with E-state index in [9.17, 15) is 9.59 Å². The van der Waals surface area contributed by atoms with Crippen molar-refractivity contribution in [3.8, 4) is 0 Å². The van der Waals surface area contributed by atoms with Gasteiger partial charge in [0.1, 0.15) is 0 Å². The third-order valence-electron chi connectivity index (χ3n) is 3.19. The number of rotatable bonds is 3. The zero-order valence-corrected chi connectivity index (χ0v) is 12.0. The summed E-state index contributed by atoms with van der Waals surface area (Å²) in [4.78, 5) is 25.7. The Labute approximate surface area is 119 Å². The largest absolute Gasteiger partial charge is 0.350 e. The summed E-state index contributed by atoms with van der Waals surface area (Å²) in [7, 11) is 0. The van der Waals surface area contributed by atoms with E-state index in [-0.39, 0.29) is 18.0 Å². The summed E-state index contributed by atoms with van der Waals surface area (Å²) in [5, 5.41) is 5.67. The van der Waals surface area contributed by atoms with Gasteiger partial charge in [0.25, 0.3) is 5.91 Å². The van der Waals surface area contributed by atoms with E-state index in [2.05, 4.69) is 10.6 Å². The number of urea groups is 1. The Kier molecular flexibility index (Phi) is 4.61. The van der Waals surface area contributed by atoms with Crippen LogP contribution in [0.15, 0.2) is 24.3 Å². The first-order chi connectivity index (χ1) is 9.56. The Morgan fingerprint density at radius 3 is 2.55 bits per heavy atom. The molecule has 108 valence electrons. The van der Waals surface area contributed by atoms with Crippen molar-refractivity contribution >= 4 is 17.6 Å². The minimum Gasteiger partial charge on any atom is -0.350 e. The molecule has 0 aromatic heterocycles. The van der Waals surface area contributed by atoms with Gasteiger partial charge in [-0.1, -0.05) is 6.07 Å². The fraction of sp³-hybridized carbons (Fsp3) is 0.467. The number of hydrogen-bond acceptors (Lipinski definition) is 2.